The zero-order chi connectivity index (χ0) is 28.8. The lowest BCUT2D eigenvalue weighted by Crippen LogP contribution is -2.63. The van der Waals surface area contributed by atoms with Gasteiger partial charge in [-0.05, 0) is 75.5 Å². The maximum absolute atomic E-state index is 14.2. The number of Topliss-reactive ketones (excluding diaryl/α,β-unsaturated/α-hetero) is 1. The fourth-order valence-corrected chi connectivity index (χ4v) is 9.15. The predicted octanol–water partition coefficient (Wildman–Crippen LogP) is 4.42. The van der Waals surface area contributed by atoms with Crippen molar-refractivity contribution in [2.24, 2.45) is 39.7 Å². The van der Waals surface area contributed by atoms with Crippen molar-refractivity contribution >= 4 is 21.9 Å². The van der Waals surface area contributed by atoms with E-state index in [4.69, 9.17) is 19.4 Å². The number of carbonyl (C=O) groups is 2. The van der Waals surface area contributed by atoms with E-state index in [-0.39, 0.29) is 40.0 Å². The highest BCUT2D eigenvalue weighted by atomic mass is 32.2. The average molecular weight is 564 g/mol. The second kappa shape index (κ2) is 10.9. The van der Waals surface area contributed by atoms with Crippen LogP contribution < -0.4 is 5.73 Å². The Morgan fingerprint density at radius 2 is 1.74 bits per heavy atom. The molecule has 3 saturated carbocycles. The highest BCUT2D eigenvalue weighted by Gasteiger charge is 2.68. The molecule has 4 rings (SSSR count). The minimum Gasteiger partial charge on any atom is -0.460 e. The Labute approximate surface area is 233 Å². The van der Waals surface area contributed by atoms with Gasteiger partial charge in [0.1, 0.15) is 11.9 Å². The highest BCUT2D eigenvalue weighted by Crippen LogP contribution is 2.68. The van der Waals surface area contributed by atoms with Crippen molar-refractivity contribution in [3.8, 4) is 0 Å². The van der Waals surface area contributed by atoms with E-state index in [0.29, 0.717) is 19.4 Å². The molecule has 0 amide bonds. The summed E-state index contributed by atoms with van der Waals surface area (Å²) in [5.74, 6) is -0.529. The Kier molecular flexibility index (Phi) is 8.41. The van der Waals surface area contributed by atoms with E-state index in [0.717, 1.165) is 31.2 Å². The van der Waals surface area contributed by atoms with Gasteiger partial charge in [0.15, 0.2) is 6.61 Å². The Morgan fingerprint density at radius 1 is 1.10 bits per heavy atom. The van der Waals surface area contributed by atoms with Crippen LogP contribution in [-0.4, -0.2) is 52.6 Å². The van der Waals surface area contributed by atoms with Crippen LogP contribution in [0.25, 0.3) is 0 Å². The zero-order valence-electron chi connectivity index (χ0n) is 24.2. The lowest BCUT2D eigenvalue weighted by atomic mass is 9.43. The van der Waals surface area contributed by atoms with Gasteiger partial charge in [0, 0.05) is 29.8 Å². The maximum Gasteiger partial charge on any atom is 0.333 e. The van der Waals surface area contributed by atoms with Gasteiger partial charge < -0.3 is 15.2 Å². The van der Waals surface area contributed by atoms with Crippen LogP contribution in [0.4, 0.5) is 0 Å². The number of benzene rings is 1. The molecule has 1 aromatic carbocycles. The quantitative estimate of drug-likeness (QED) is 0.364. The molecule has 3 fully saturated rings. The van der Waals surface area contributed by atoms with E-state index in [1.165, 1.54) is 12.1 Å². The molecule has 0 aromatic heterocycles. The first-order chi connectivity index (χ1) is 18.2. The number of ether oxygens (including phenoxy) is 2. The molecule has 0 aliphatic heterocycles. The normalized spacial score (nSPS) is 38.5. The third-order valence-electron chi connectivity index (χ3n) is 10.8. The van der Waals surface area contributed by atoms with Crippen LogP contribution in [-0.2, 0) is 33.4 Å². The number of ketones is 1. The number of carbonyl (C=O) groups excluding carboxylic acids is 2. The Balaban J connectivity index is 1.68. The molecule has 1 aromatic rings. The second-order valence-corrected chi connectivity index (χ2v) is 14.3. The summed E-state index contributed by atoms with van der Waals surface area (Å²) in [4.78, 5) is 27.4. The summed E-state index contributed by atoms with van der Waals surface area (Å²) in [6.07, 6.45) is 3.73. The Morgan fingerprint density at radius 3 is 2.36 bits per heavy atom. The van der Waals surface area contributed by atoms with Gasteiger partial charge in [0.05, 0.1) is 11.0 Å². The van der Waals surface area contributed by atoms with Crippen LogP contribution in [0.1, 0.15) is 71.8 Å². The monoisotopic (exact) mass is 563 g/mol. The number of aryl methyl sites for hydroxylation is 1. The molecule has 0 heterocycles. The summed E-state index contributed by atoms with van der Waals surface area (Å²) in [5.41, 5.74) is 5.42. The minimum atomic E-state index is -4.14. The average Bonchev–Trinajstić information content (AvgIpc) is 3.29. The molecular formula is C30H45NO7S. The Bertz CT molecular complexity index is 1180. The molecule has 218 valence electrons. The van der Waals surface area contributed by atoms with Gasteiger partial charge in [-0.2, -0.15) is 8.42 Å². The van der Waals surface area contributed by atoms with Gasteiger partial charge in [-0.1, -0.05) is 45.4 Å². The third kappa shape index (κ3) is 5.09. The molecule has 2 N–H and O–H groups in total. The van der Waals surface area contributed by atoms with Gasteiger partial charge in [0.25, 0.3) is 10.1 Å². The van der Waals surface area contributed by atoms with Crippen molar-refractivity contribution in [2.75, 3.05) is 20.3 Å². The first kappa shape index (κ1) is 30.2. The van der Waals surface area contributed by atoms with E-state index in [1.807, 2.05) is 13.8 Å². The van der Waals surface area contributed by atoms with Crippen molar-refractivity contribution in [2.45, 2.75) is 90.2 Å². The van der Waals surface area contributed by atoms with E-state index < -0.39 is 39.6 Å². The third-order valence-corrected chi connectivity index (χ3v) is 12.0. The minimum absolute atomic E-state index is 0.0199. The summed E-state index contributed by atoms with van der Waals surface area (Å²) in [6, 6.07) is 6.24. The van der Waals surface area contributed by atoms with Crippen molar-refractivity contribution in [3.05, 3.63) is 29.8 Å². The van der Waals surface area contributed by atoms with Crippen molar-refractivity contribution in [1.82, 2.24) is 0 Å². The van der Waals surface area contributed by atoms with E-state index >= 15 is 0 Å². The SMILES string of the molecule is CO[C@@H]1CC[C@]23CC[C@@H](C)[C@](C)([C@H]12)[C@H](OC(=O)COS(=O)(=O)c1ccc(C)cc1)C[C@](C)(CCN)C(=O)[C@@H]3C. The van der Waals surface area contributed by atoms with Crippen molar-refractivity contribution in [3.63, 3.8) is 0 Å². The van der Waals surface area contributed by atoms with Crippen LogP contribution in [0, 0.1) is 40.9 Å². The molecule has 39 heavy (non-hydrogen) atoms. The number of nitrogens with two attached hydrogens (primary N) is 1. The summed E-state index contributed by atoms with van der Waals surface area (Å²) >= 11 is 0. The van der Waals surface area contributed by atoms with E-state index in [2.05, 4.69) is 20.8 Å². The maximum atomic E-state index is 14.2. The topological polar surface area (TPSA) is 122 Å². The van der Waals surface area contributed by atoms with Gasteiger partial charge in [-0.3, -0.25) is 8.98 Å². The molecule has 8 nitrogen and oxygen atoms in total. The van der Waals surface area contributed by atoms with Gasteiger partial charge in [-0.25, -0.2) is 4.79 Å². The number of hydrogen-bond acceptors (Lipinski definition) is 8. The van der Waals surface area contributed by atoms with Crippen LogP contribution in [0.15, 0.2) is 29.2 Å². The van der Waals surface area contributed by atoms with Crippen LogP contribution >= 0.6 is 0 Å². The van der Waals surface area contributed by atoms with E-state index in [9.17, 15) is 18.0 Å². The highest BCUT2D eigenvalue weighted by molar-refractivity contribution is 7.86. The molecule has 0 unspecified atom stereocenters. The summed E-state index contributed by atoms with van der Waals surface area (Å²) in [6.45, 7) is 9.86. The molecule has 3 aliphatic rings. The molecule has 8 atom stereocenters. The van der Waals surface area contributed by atoms with Crippen LogP contribution in [0.3, 0.4) is 0 Å². The number of rotatable bonds is 8. The molecular weight excluding hydrogens is 518 g/mol. The standard InChI is InChI=1S/C30H45NO7S/c1-19-7-9-22(10-8-19)39(34,35)37-18-25(32)38-24-17-28(4,15-16-31)27(33)21(3)30-13-11-20(2)29(24,5)26(30)23(36-6)12-14-30/h7-10,20-21,23-24,26H,11-18,31H2,1-6H3/t20-,21+,23-,24-,26+,28+,29+,30+/m1/s1. The summed E-state index contributed by atoms with van der Waals surface area (Å²) in [5, 5.41) is 0. The van der Waals surface area contributed by atoms with E-state index in [1.54, 1.807) is 19.2 Å². The first-order valence-corrected chi connectivity index (χ1v) is 15.6. The molecule has 3 aliphatic carbocycles. The lowest BCUT2D eigenvalue weighted by molar-refractivity contribution is -0.207. The van der Waals surface area contributed by atoms with Crippen LogP contribution in [0.2, 0.25) is 0 Å². The van der Waals surface area contributed by atoms with Crippen LogP contribution in [0.5, 0.6) is 0 Å². The van der Waals surface area contributed by atoms with Gasteiger partial charge >= 0.3 is 5.97 Å². The van der Waals surface area contributed by atoms with Crippen molar-refractivity contribution in [1.29, 1.82) is 0 Å². The fraction of sp³-hybridized carbons (Fsp3) is 0.733. The molecule has 2 bridgehead atoms. The van der Waals surface area contributed by atoms with Gasteiger partial charge in [-0.15, -0.1) is 0 Å². The number of methoxy groups -OCH3 is 1. The van der Waals surface area contributed by atoms with Crippen molar-refractivity contribution < 1.29 is 31.7 Å². The number of esters is 1. The van der Waals surface area contributed by atoms with Gasteiger partial charge in [0.2, 0.25) is 0 Å². The zero-order valence-corrected chi connectivity index (χ0v) is 25.0. The fourth-order valence-electron chi connectivity index (χ4n) is 8.30. The molecule has 9 heteroatoms. The molecule has 0 saturated heterocycles. The molecule has 0 radical (unpaired) electrons. The second-order valence-electron chi connectivity index (χ2n) is 12.7. The largest absolute Gasteiger partial charge is 0.460 e. The summed E-state index contributed by atoms with van der Waals surface area (Å²) in [7, 11) is -2.41. The predicted molar refractivity (Wildman–Crippen MR) is 147 cm³/mol. The number of hydrogen-bond donors (Lipinski definition) is 1. The molecule has 0 spiro atoms. The smallest absolute Gasteiger partial charge is 0.333 e. The summed E-state index contributed by atoms with van der Waals surface area (Å²) < 4.78 is 42.8. The first-order valence-electron chi connectivity index (χ1n) is 14.2. The Hall–Kier alpha value is -1.81. The lowest BCUT2D eigenvalue weighted by Gasteiger charge is -2.62.